The van der Waals surface area contributed by atoms with Gasteiger partial charge in [-0.15, -0.1) is 0 Å². The molecule has 1 aliphatic carbocycles. The predicted octanol–water partition coefficient (Wildman–Crippen LogP) is 5.80. The number of methoxy groups -OCH3 is 1. The smallest absolute Gasteiger partial charge is 0.243 e. The lowest BCUT2D eigenvalue weighted by Gasteiger charge is -2.33. The van der Waals surface area contributed by atoms with E-state index in [4.69, 9.17) is 27.9 Å². The van der Waals surface area contributed by atoms with E-state index in [1.165, 1.54) is 22.7 Å². The van der Waals surface area contributed by atoms with Crippen molar-refractivity contribution in [3.63, 3.8) is 0 Å². The lowest BCUT2D eigenvalue weighted by atomic mass is 9.95. The van der Waals surface area contributed by atoms with Crippen molar-refractivity contribution in [2.75, 3.05) is 24.2 Å². The van der Waals surface area contributed by atoms with Crippen LogP contribution in [0.4, 0.5) is 5.69 Å². The monoisotopic (exact) mass is 611 g/mol. The van der Waals surface area contributed by atoms with Crippen molar-refractivity contribution < 1.29 is 22.7 Å². The van der Waals surface area contributed by atoms with Crippen LogP contribution in [-0.2, 0) is 26.2 Å². The summed E-state index contributed by atoms with van der Waals surface area (Å²) in [5.74, 6) is 0.144. The van der Waals surface area contributed by atoms with Gasteiger partial charge in [-0.3, -0.25) is 13.9 Å². The van der Waals surface area contributed by atoms with Crippen LogP contribution in [0.2, 0.25) is 10.0 Å². The SMILES string of the molecule is CCC(C(=O)NC1CCCCC1)N(Cc1c(Cl)cccc1Cl)C(=O)CCCN(c1ccc(OC)cc1)S(C)(=O)=O. The lowest BCUT2D eigenvalue weighted by molar-refractivity contribution is -0.141. The zero-order valence-corrected chi connectivity index (χ0v) is 25.7. The van der Waals surface area contributed by atoms with Crippen LogP contribution < -0.4 is 14.4 Å². The zero-order chi connectivity index (χ0) is 29.3. The molecular formula is C29H39Cl2N3O5S. The Hall–Kier alpha value is -2.49. The third-order valence-electron chi connectivity index (χ3n) is 7.24. The molecule has 1 fully saturated rings. The van der Waals surface area contributed by atoms with Crippen molar-refractivity contribution in [1.29, 1.82) is 0 Å². The number of hydrogen-bond acceptors (Lipinski definition) is 5. The first-order chi connectivity index (χ1) is 19.0. The van der Waals surface area contributed by atoms with E-state index in [0.717, 1.165) is 31.9 Å². The second-order valence-corrected chi connectivity index (χ2v) is 12.8. The van der Waals surface area contributed by atoms with Gasteiger partial charge in [0.15, 0.2) is 0 Å². The number of carbonyl (C=O) groups is 2. The van der Waals surface area contributed by atoms with Gasteiger partial charge < -0.3 is 15.0 Å². The molecule has 0 spiro atoms. The molecule has 40 heavy (non-hydrogen) atoms. The minimum absolute atomic E-state index is 0.0391. The molecule has 0 bridgehead atoms. The van der Waals surface area contributed by atoms with Gasteiger partial charge in [-0.1, -0.05) is 55.5 Å². The van der Waals surface area contributed by atoms with E-state index < -0.39 is 16.1 Å². The van der Waals surface area contributed by atoms with E-state index in [1.807, 2.05) is 6.92 Å². The van der Waals surface area contributed by atoms with Gasteiger partial charge in [0.25, 0.3) is 0 Å². The Morgan fingerprint density at radius 2 is 1.68 bits per heavy atom. The van der Waals surface area contributed by atoms with Gasteiger partial charge in [-0.2, -0.15) is 0 Å². The Labute approximate surface area is 248 Å². The first-order valence-corrected chi connectivity index (χ1v) is 16.3. The van der Waals surface area contributed by atoms with Crippen LogP contribution in [0.5, 0.6) is 5.75 Å². The molecule has 1 N–H and O–H groups in total. The van der Waals surface area contributed by atoms with Crippen molar-refractivity contribution >= 4 is 50.7 Å². The number of anilines is 1. The summed E-state index contributed by atoms with van der Waals surface area (Å²) in [6.45, 7) is 2.04. The fourth-order valence-electron chi connectivity index (χ4n) is 5.07. The van der Waals surface area contributed by atoms with Gasteiger partial charge in [0.2, 0.25) is 21.8 Å². The number of carbonyl (C=O) groups excluding carboxylic acids is 2. The summed E-state index contributed by atoms with van der Waals surface area (Å²) in [6, 6.07) is 11.2. The van der Waals surface area contributed by atoms with Crippen molar-refractivity contribution in [3.05, 3.63) is 58.1 Å². The Balaban J connectivity index is 1.79. The van der Waals surface area contributed by atoms with Crippen LogP contribution >= 0.6 is 23.2 Å². The average molecular weight is 613 g/mol. The normalized spacial score (nSPS) is 14.8. The quantitative estimate of drug-likeness (QED) is 0.308. The second kappa shape index (κ2) is 14.9. The fraction of sp³-hybridized carbons (Fsp3) is 0.517. The van der Waals surface area contributed by atoms with Crippen LogP contribution in [0.3, 0.4) is 0 Å². The molecule has 0 radical (unpaired) electrons. The highest BCUT2D eigenvalue weighted by molar-refractivity contribution is 7.92. The number of hydrogen-bond donors (Lipinski definition) is 1. The van der Waals surface area contributed by atoms with Gasteiger partial charge in [0.05, 0.1) is 19.1 Å². The van der Waals surface area contributed by atoms with Crippen molar-refractivity contribution in [3.8, 4) is 5.75 Å². The summed E-state index contributed by atoms with van der Waals surface area (Å²) in [5.41, 5.74) is 1.05. The topological polar surface area (TPSA) is 96.0 Å². The van der Waals surface area contributed by atoms with Gasteiger partial charge >= 0.3 is 0 Å². The molecule has 1 aliphatic rings. The Kier molecular flexibility index (Phi) is 12.0. The molecular weight excluding hydrogens is 573 g/mol. The molecule has 2 aromatic rings. The molecule has 0 heterocycles. The maximum Gasteiger partial charge on any atom is 0.243 e. The molecule has 1 atom stereocenters. The molecule has 11 heteroatoms. The molecule has 220 valence electrons. The summed E-state index contributed by atoms with van der Waals surface area (Å²) < 4.78 is 31.6. The number of sulfonamides is 1. The minimum Gasteiger partial charge on any atom is -0.497 e. The van der Waals surface area contributed by atoms with Crippen LogP contribution in [0, 0.1) is 0 Å². The van der Waals surface area contributed by atoms with Gasteiger partial charge in [0.1, 0.15) is 11.8 Å². The van der Waals surface area contributed by atoms with Crippen molar-refractivity contribution in [2.24, 2.45) is 0 Å². The number of nitrogens with zero attached hydrogens (tertiary/aromatic N) is 2. The number of halogens is 2. The highest BCUT2D eigenvalue weighted by atomic mass is 35.5. The average Bonchev–Trinajstić information content (AvgIpc) is 2.92. The van der Waals surface area contributed by atoms with Crippen LogP contribution in [0.15, 0.2) is 42.5 Å². The summed E-state index contributed by atoms with van der Waals surface area (Å²) in [5, 5.41) is 3.97. The van der Waals surface area contributed by atoms with Gasteiger partial charge in [-0.05, 0) is 62.1 Å². The van der Waals surface area contributed by atoms with Crippen molar-refractivity contribution in [2.45, 2.75) is 76.9 Å². The van der Waals surface area contributed by atoms with E-state index >= 15 is 0 Å². The molecule has 1 unspecified atom stereocenters. The minimum atomic E-state index is -3.60. The van der Waals surface area contributed by atoms with Gasteiger partial charge in [0, 0.05) is 41.2 Å². The largest absolute Gasteiger partial charge is 0.497 e. The van der Waals surface area contributed by atoms with E-state index in [2.05, 4.69) is 5.32 Å². The third-order valence-corrected chi connectivity index (χ3v) is 9.14. The highest BCUT2D eigenvalue weighted by Crippen LogP contribution is 2.28. The van der Waals surface area contributed by atoms with Crippen LogP contribution in [0.1, 0.15) is 63.9 Å². The molecule has 1 saturated carbocycles. The molecule has 2 amide bonds. The fourth-order valence-corrected chi connectivity index (χ4v) is 6.55. The zero-order valence-electron chi connectivity index (χ0n) is 23.4. The van der Waals surface area contributed by atoms with Crippen LogP contribution in [-0.4, -0.2) is 57.1 Å². The number of benzene rings is 2. The van der Waals surface area contributed by atoms with Gasteiger partial charge in [-0.25, -0.2) is 8.42 Å². The molecule has 2 aromatic carbocycles. The Morgan fingerprint density at radius 1 is 1.05 bits per heavy atom. The summed E-state index contributed by atoms with van der Waals surface area (Å²) in [7, 11) is -2.06. The van der Waals surface area contributed by atoms with E-state index in [0.29, 0.717) is 33.5 Å². The Morgan fingerprint density at radius 3 is 2.23 bits per heavy atom. The molecule has 0 aromatic heterocycles. The third kappa shape index (κ3) is 8.75. The molecule has 0 aliphatic heterocycles. The number of amides is 2. The molecule has 0 saturated heterocycles. The lowest BCUT2D eigenvalue weighted by Crippen LogP contribution is -2.51. The molecule has 8 nitrogen and oxygen atoms in total. The number of ether oxygens (including phenoxy) is 1. The summed E-state index contributed by atoms with van der Waals surface area (Å²) >= 11 is 12.9. The number of rotatable bonds is 13. The molecule has 3 rings (SSSR count). The van der Waals surface area contributed by atoms with E-state index in [-0.39, 0.29) is 43.8 Å². The Bertz CT molecular complexity index is 1230. The maximum absolute atomic E-state index is 13.7. The first kappa shape index (κ1) is 32.0. The summed E-state index contributed by atoms with van der Waals surface area (Å²) in [6.07, 6.45) is 7.01. The highest BCUT2D eigenvalue weighted by Gasteiger charge is 2.31. The maximum atomic E-state index is 13.7. The predicted molar refractivity (Wildman–Crippen MR) is 161 cm³/mol. The standard InChI is InChI=1S/C29H39Cl2N3O5S/c1-4-27(29(36)32-21-10-6-5-7-11-21)33(20-24-25(30)12-8-13-26(24)31)28(35)14-9-19-34(40(3,37)38)22-15-17-23(39-2)18-16-22/h8,12-13,15-18,21,27H,4-7,9-11,14,19-20H2,1-3H3,(H,32,36). The second-order valence-electron chi connectivity index (χ2n) is 10.1. The van der Waals surface area contributed by atoms with Crippen molar-refractivity contribution in [1.82, 2.24) is 10.2 Å². The summed E-state index contributed by atoms with van der Waals surface area (Å²) in [4.78, 5) is 28.7. The van der Waals surface area contributed by atoms with Crippen LogP contribution in [0.25, 0.3) is 0 Å². The van der Waals surface area contributed by atoms with E-state index in [1.54, 1.807) is 42.5 Å². The number of nitrogens with one attached hydrogen (secondary N) is 1. The van der Waals surface area contributed by atoms with E-state index in [9.17, 15) is 18.0 Å². The first-order valence-electron chi connectivity index (χ1n) is 13.7.